The maximum absolute atomic E-state index is 12.7. The number of anilines is 2. The van der Waals surface area contributed by atoms with E-state index in [2.05, 4.69) is 10.2 Å². The predicted molar refractivity (Wildman–Crippen MR) is 120 cm³/mol. The summed E-state index contributed by atoms with van der Waals surface area (Å²) in [6.45, 7) is 1.87. The Morgan fingerprint density at radius 1 is 1.17 bits per heavy atom. The lowest BCUT2D eigenvalue weighted by Crippen LogP contribution is -2.32. The number of hydrogen-bond acceptors (Lipinski definition) is 6. The molecule has 1 atom stereocenters. The van der Waals surface area contributed by atoms with Gasteiger partial charge >= 0.3 is 0 Å². The normalized spacial score (nSPS) is 17.4. The van der Waals surface area contributed by atoms with Gasteiger partial charge in [0.2, 0.25) is 11.8 Å². The molecule has 2 amide bonds. The maximum Gasteiger partial charge on any atom is 0.247 e. The molecular weight excluding hydrogens is 386 g/mol. The number of nitrogens with zero attached hydrogens (tertiary/aromatic N) is 4. The highest BCUT2D eigenvalue weighted by molar-refractivity contribution is 8.14. The molecule has 8 heteroatoms. The Morgan fingerprint density at radius 2 is 1.86 bits per heavy atom. The largest absolute Gasteiger partial charge is 0.378 e. The molecule has 0 spiro atoms. The van der Waals surface area contributed by atoms with E-state index >= 15 is 0 Å². The van der Waals surface area contributed by atoms with Crippen molar-refractivity contribution >= 4 is 46.3 Å². The van der Waals surface area contributed by atoms with Gasteiger partial charge in [-0.1, -0.05) is 42.1 Å². The fraction of sp³-hybridized carbons (Fsp3) is 0.238. The second-order valence-corrected chi connectivity index (χ2v) is 8.06. The Hall–Kier alpha value is -3.13. The van der Waals surface area contributed by atoms with Crippen LogP contribution in [0.2, 0.25) is 0 Å². The minimum Gasteiger partial charge on any atom is -0.378 e. The van der Waals surface area contributed by atoms with Crippen LogP contribution in [0.15, 0.2) is 58.7 Å². The first-order chi connectivity index (χ1) is 13.9. The fourth-order valence-corrected chi connectivity index (χ4v) is 3.76. The van der Waals surface area contributed by atoms with E-state index in [4.69, 9.17) is 5.73 Å². The average Bonchev–Trinajstić information content (AvgIpc) is 2.96. The average molecular weight is 410 g/mol. The van der Waals surface area contributed by atoms with Crippen molar-refractivity contribution in [3.63, 3.8) is 0 Å². The van der Waals surface area contributed by atoms with Gasteiger partial charge in [-0.05, 0) is 36.2 Å². The van der Waals surface area contributed by atoms with Crippen LogP contribution in [0.25, 0.3) is 0 Å². The van der Waals surface area contributed by atoms with E-state index in [-0.39, 0.29) is 23.4 Å². The van der Waals surface area contributed by atoms with Crippen molar-refractivity contribution in [2.45, 2.75) is 18.6 Å². The summed E-state index contributed by atoms with van der Waals surface area (Å²) < 4.78 is 0. The van der Waals surface area contributed by atoms with E-state index in [1.54, 1.807) is 18.3 Å². The molecular formula is C21H23N5O2S. The monoisotopic (exact) mass is 409 g/mol. The third-order valence-corrected chi connectivity index (χ3v) is 5.47. The van der Waals surface area contributed by atoms with Crippen LogP contribution in [-0.2, 0) is 9.59 Å². The molecule has 0 unspecified atom stereocenters. The summed E-state index contributed by atoms with van der Waals surface area (Å²) in [4.78, 5) is 28.3. The number of para-hydroxylation sites is 1. The van der Waals surface area contributed by atoms with Crippen LogP contribution in [0.1, 0.15) is 17.5 Å². The minimum atomic E-state index is -0.597. The fourth-order valence-electron chi connectivity index (χ4n) is 2.94. The summed E-state index contributed by atoms with van der Waals surface area (Å²) in [5, 5.41) is 7.48. The number of amidine groups is 1. The lowest BCUT2D eigenvalue weighted by atomic mass is 10.2. The summed E-state index contributed by atoms with van der Waals surface area (Å²) in [5.41, 5.74) is 9.36. The number of rotatable bonds is 5. The van der Waals surface area contributed by atoms with Crippen LogP contribution in [0.3, 0.4) is 0 Å². The van der Waals surface area contributed by atoms with E-state index in [1.165, 1.54) is 4.90 Å². The van der Waals surface area contributed by atoms with Crippen LogP contribution in [0.4, 0.5) is 11.4 Å². The second kappa shape index (κ2) is 8.91. The molecule has 1 fully saturated rings. The van der Waals surface area contributed by atoms with Gasteiger partial charge in [0.05, 0.1) is 11.9 Å². The van der Waals surface area contributed by atoms with E-state index < -0.39 is 5.25 Å². The number of carbonyl (C=O) groups excluding carboxylic acids is 2. The quantitative estimate of drug-likeness (QED) is 0.355. The van der Waals surface area contributed by atoms with Crippen LogP contribution in [0.5, 0.6) is 0 Å². The molecule has 0 bridgehead atoms. The van der Waals surface area contributed by atoms with Gasteiger partial charge in [0.15, 0.2) is 5.17 Å². The van der Waals surface area contributed by atoms with Gasteiger partial charge in [0.1, 0.15) is 5.25 Å². The van der Waals surface area contributed by atoms with E-state index in [0.29, 0.717) is 5.69 Å². The molecule has 0 aliphatic carbocycles. The van der Waals surface area contributed by atoms with Gasteiger partial charge in [0.25, 0.3) is 0 Å². The number of aryl methyl sites for hydroxylation is 1. The number of benzene rings is 2. The second-order valence-electron chi connectivity index (χ2n) is 6.83. The molecule has 7 nitrogen and oxygen atoms in total. The first-order valence-electron chi connectivity index (χ1n) is 9.10. The van der Waals surface area contributed by atoms with E-state index in [1.807, 2.05) is 62.3 Å². The van der Waals surface area contributed by atoms with Gasteiger partial charge in [-0.25, -0.2) is 4.90 Å². The molecule has 1 saturated heterocycles. The highest BCUT2D eigenvalue weighted by atomic mass is 32.2. The smallest absolute Gasteiger partial charge is 0.247 e. The molecule has 1 aliphatic heterocycles. The summed E-state index contributed by atoms with van der Waals surface area (Å²) in [6.07, 6.45) is 1.68. The summed E-state index contributed by atoms with van der Waals surface area (Å²) in [6, 6.07) is 15.1. The molecule has 3 rings (SSSR count). The Morgan fingerprint density at radius 3 is 2.52 bits per heavy atom. The predicted octanol–water partition coefficient (Wildman–Crippen LogP) is 2.77. The molecule has 0 radical (unpaired) electrons. The Bertz CT molecular complexity index is 969. The topological polar surface area (TPSA) is 91.4 Å². The van der Waals surface area contributed by atoms with Gasteiger partial charge in [-0.15, -0.1) is 5.10 Å². The van der Waals surface area contributed by atoms with Crippen LogP contribution in [0, 0.1) is 6.92 Å². The zero-order chi connectivity index (χ0) is 21.0. The van der Waals surface area contributed by atoms with Crippen molar-refractivity contribution in [2.24, 2.45) is 15.9 Å². The van der Waals surface area contributed by atoms with Gasteiger partial charge in [-0.3, -0.25) is 9.59 Å². The molecule has 2 N–H and O–H groups in total. The lowest BCUT2D eigenvalue weighted by molar-refractivity contribution is -0.121. The molecule has 0 saturated carbocycles. The van der Waals surface area contributed by atoms with Crippen LogP contribution >= 0.6 is 11.8 Å². The van der Waals surface area contributed by atoms with Crippen LogP contribution in [-0.4, -0.2) is 42.5 Å². The zero-order valence-electron chi connectivity index (χ0n) is 16.6. The van der Waals surface area contributed by atoms with Crippen molar-refractivity contribution < 1.29 is 9.59 Å². The Balaban J connectivity index is 1.64. The lowest BCUT2D eigenvalue weighted by Gasteiger charge is -2.16. The summed E-state index contributed by atoms with van der Waals surface area (Å²) in [7, 11) is 3.95. The number of hydrogen-bond donors (Lipinski definition) is 1. The standard InChI is InChI=1S/C21H23N5O2S/c1-14-6-4-5-7-17(14)26-19(27)12-18(20(26)28)29-21(22)24-23-13-15-8-10-16(11-9-15)25(2)3/h4-11,13,18H,12H2,1-3H3,(H2,22,24)/b23-13-/t18-/m0/s1. The first-order valence-corrected chi connectivity index (χ1v) is 9.97. The molecule has 0 aromatic heterocycles. The van der Waals surface area contributed by atoms with Crippen molar-refractivity contribution in [3.8, 4) is 0 Å². The number of carbonyl (C=O) groups is 2. The summed E-state index contributed by atoms with van der Waals surface area (Å²) >= 11 is 1.06. The molecule has 29 heavy (non-hydrogen) atoms. The van der Waals surface area contributed by atoms with Gasteiger partial charge < -0.3 is 10.6 Å². The minimum absolute atomic E-state index is 0.0871. The molecule has 1 aliphatic rings. The maximum atomic E-state index is 12.7. The molecule has 2 aromatic carbocycles. The van der Waals surface area contributed by atoms with Crippen molar-refractivity contribution in [1.82, 2.24) is 0 Å². The summed E-state index contributed by atoms with van der Waals surface area (Å²) in [5.74, 6) is -0.519. The Kier molecular flexibility index (Phi) is 6.33. The number of amides is 2. The van der Waals surface area contributed by atoms with Gasteiger partial charge in [-0.2, -0.15) is 5.10 Å². The first kappa shape index (κ1) is 20.6. The highest BCUT2D eigenvalue weighted by Crippen LogP contribution is 2.31. The zero-order valence-corrected chi connectivity index (χ0v) is 17.4. The van der Waals surface area contributed by atoms with E-state index in [0.717, 1.165) is 28.6 Å². The van der Waals surface area contributed by atoms with E-state index in [9.17, 15) is 9.59 Å². The van der Waals surface area contributed by atoms with Gasteiger partial charge in [0, 0.05) is 26.2 Å². The van der Waals surface area contributed by atoms with Crippen molar-refractivity contribution in [1.29, 1.82) is 0 Å². The molecule has 150 valence electrons. The third kappa shape index (κ3) is 4.83. The van der Waals surface area contributed by atoms with Crippen molar-refractivity contribution in [3.05, 3.63) is 59.7 Å². The third-order valence-electron chi connectivity index (χ3n) is 4.50. The Labute approximate surface area is 174 Å². The number of thioether (sulfide) groups is 1. The SMILES string of the molecule is Cc1ccccc1N1C(=O)C[C@H](SC(N)=N/N=C\c2ccc(N(C)C)cc2)C1=O. The number of imide groups is 1. The molecule has 1 heterocycles. The van der Waals surface area contributed by atoms with Crippen LogP contribution < -0.4 is 15.5 Å². The molecule has 2 aromatic rings. The van der Waals surface area contributed by atoms with Crippen molar-refractivity contribution in [2.75, 3.05) is 23.9 Å². The number of nitrogens with two attached hydrogens (primary N) is 1. The highest BCUT2D eigenvalue weighted by Gasteiger charge is 2.41.